The second-order valence-electron chi connectivity index (χ2n) is 17.7. The van der Waals surface area contributed by atoms with Crippen molar-refractivity contribution in [2.75, 3.05) is 53.2 Å². The van der Waals surface area contributed by atoms with E-state index in [1.807, 2.05) is 81.7 Å². The highest BCUT2D eigenvalue weighted by molar-refractivity contribution is 7.13. The number of hydrogen-bond acceptors (Lipinski definition) is 10. The molecule has 1 fully saturated rings. The number of benzene rings is 4. The van der Waals surface area contributed by atoms with Gasteiger partial charge in [0.25, 0.3) is 0 Å². The number of aliphatic hydroxyl groups excluding tert-OH is 1. The molecule has 6 rings (SSSR count). The van der Waals surface area contributed by atoms with Gasteiger partial charge in [-0.25, -0.2) is 4.98 Å². The summed E-state index contributed by atoms with van der Waals surface area (Å²) in [5, 5.41) is 16.3. The van der Waals surface area contributed by atoms with E-state index in [0.717, 1.165) is 39.2 Å². The molecule has 5 aromatic rings. The largest absolute Gasteiger partial charge is 0.492 e. The summed E-state index contributed by atoms with van der Waals surface area (Å²) in [7, 11) is 1.68. The minimum Gasteiger partial charge on any atom is -0.492 e. The van der Waals surface area contributed by atoms with Gasteiger partial charge < -0.3 is 39.8 Å². The van der Waals surface area contributed by atoms with E-state index in [4.69, 9.17) is 14.2 Å². The number of aryl methyl sites for hydroxylation is 1. The molecule has 1 aliphatic rings. The van der Waals surface area contributed by atoms with Gasteiger partial charge in [0, 0.05) is 26.6 Å². The van der Waals surface area contributed by atoms with Crippen LogP contribution in [0.25, 0.3) is 21.6 Å². The van der Waals surface area contributed by atoms with Crippen LogP contribution in [0.3, 0.4) is 0 Å². The number of likely N-dealkylation sites (N-methyl/N-ethyl adjacent to an activating group) is 1. The van der Waals surface area contributed by atoms with Crippen molar-refractivity contribution in [1.29, 1.82) is 0 Å². The molecule has 4 amide bonds. The number of allylic oxidation sites excluding steroid dienone is 1. The first-order chi connectivity index (χ1) is 32.2. The van der Waals surface area contributed by atoms with Crippen molar-refractivity contribution in [2.24, 2.45) is 5.41 Å². The number of β-amino-alcohol motifs (C(OH)–C–C–N with tert-alkyl or cyclic N) is 1. The minimum atomic E-state index is -0.997. The van der Waals surface area contributed by atoms with Crippen molar-refractivity contribution in [2.45, 2.75) is 72.2 Å². The van der Waals surface area contributed by atoms with E-state index in [2.05, 4.69) is 83.2 Å². The van der Waals surface area contributed by atoms with Crippen LogP contribution in [-0.4, -0.2) is 115 Å². The molecule has 0 saturated carbocycles. The number of carbonyl (C=O) groups excluding carboxylic acids is 4. The molecule has 354 valence electrons. The summed E-state index contributed by atoms with van der Waals surface area (Å²) in [6.07, 6.45) is 0.0651. The predicted octanol–water partition coefficient (Wildman–Crippen LogP) is 7.17. The Bertz CT molecular complexity index is 2430. The Morgan fingerprint density at radius 1 is 0.851 bits per heavy atom. The van der Waals surface area contributed by atoms with Gasteiger partial charge in [0.1, 0.15) is 37.7 Å². The molecule has 14 heteroatoms. The standard InChI is InChI=1S/C53H63N5O8S/c1-7-44(38-14-10-8-11-15-38)48(39-16-12-9-13-17-39)40-22-24-43(25-23-40)66-27-26-57(6)47(61)34-65-29-28-64-33-46(60)56-50(53(3,4)5)52(63)58-32-42(59)30-45(58)51(62)54-31-37-18-20-41(21-19-37)49-36(2)55-35-67-49/h8-25,35,42,45,50,59H,7,26-34H2,1-6H3,(H,54,62)(H,56,60)/b48-44-/t42-,45+,50-/m1/s1. The topological polar surface area (TPSA) is 160 Å². The lowest BCUT2D eigenvalue weighted by Gasteiger charge is -2.35. The lowest BCUT2D eigenvalue weighted by atomic mass is 9.85. The molecule has 4 aromatic carbocycles. The Morgan fingerprint density at radius 2 is 1.48 bits per heavy atom. The monoisotopic (exact) mass is 929 g/mol. The molecule has 13 nitrogen and oxygen atoms in total. The second kappa shape index (κ2) is 24.0. The fourth-order valence-electron chi connectivity index (χ4n) is 7.96. The summed E-state index contributed by atoms with van der Waals surface area (Å²) < 4.78 is 17.1. The molecule has 3 atom stereocenters. The first-order valence-electron chi connectivity index (χ1n) is 22.7. The van der Waals surface area contributed by atoms with Crippen molar-refractivity contribution in [3.05, 3.63) is 143 Å². The summed E-state index contributed by atoms with van der Waals surface area (Å²) in [5.74, 6) is -0.910. The Kier molecular flexibility index (Phi) is 18.0. The number of hydrogen-bond donors (Lipinski definition) is 3. The van der Waals surface area contributed by atoms with Crippen molar-refractivity contribution < 1.29 is 38.5 Å². The number of amides is 4. The highest BCUT2D eigenvalue weighted by Gasteiger charge is 2.44. The lowest BCUT2D eigenvalue weighted by Crippen LogP contribution is -2.58. The molecule has 2 heterocycles. The third kappa shape index (κ3) is 13.9. The molecule has 1 aliphatic heterocycles. The number of nitrogens with one attached hydrogen (secondary N) is 2. The van der Waals surface area contributed by atoms with Crippen LogP contribution in [0.15, 0.2) is 115 Å². The van der Waals surface area contributed by atoms with Crippen LogP contribution in [0.4, 0.5) is 0 Å². The molecular weight excluding hydrogens is 867 g/mol. The normalized spacial score (nSPS) is 15.7. The summed E-state index contributed by atoms with van der Waals surface area (Å²) in [5.41, 5.74) is 9.83. The Labute approximate surface area is 398 Å². The van der Waals surface area contributed by atoms with Crippen LogP contribution in [-0.2, 0) is 35.2 Å². The Balaban J connectivity index is 0.900. The van der Waals surface area contributed by atoms with E-state index >= 15 is 0 Å². The van der Waals surface area contributed by atoms with Crippen LogP contribution in [0.5, 0.6) is 5.75 Å². The summed E-state index contributed by atoms with van der Waals surface area (Å²) >= 11 is 1.57. The highest BCUT2D eigenvalue weighted by atomic mass is 32.1. The van der Waals surface area contributed by atoms with Gasteiger partial charge in [-0.3, -0.25) is 19.2 Å². The minimum absolute atomic E-state index is 0.0329. The molecule has 0 bridgehead atoms. The fraction of sp³-hybridized carbons (Fsp3) is 0.377. The van der Waals surface area contributed by atoms with Gasteiger partial charge in [0.2, 0.25) is 23.6 Å². The second-order valence-corrected chi connectivity index (χ2v) is 18.5. The molecular formula is C53H63N5O8S. The van der Waals surface area contributed by atoms with Gasteiger partial charge in [-0.2, -0.15) is 0 Å². The quantitative estimate of drug-likeness (QED) is 0.0513. The van der Waals surface area contributed by atoms with Crippen molar-refractivity contribution in [3.63, 3.8) is 0 Å². The van der Waals surface area contributed by atoms with Gasteiger partial charge in [0.05, 0.1) is 41.9 Å². The SMILES string of the molecule is CC/C(=C(\c1ccccc1)c1ccc(OCCN(C)C(=O)COCCOCC(=O)N[C@H](C(=O)N2C[C@H](O)C[C@H]2C(=O)NCc2ccc(-c3scnc3C)cc2)C(C)(C)C)cc1)c1ccccc1. The number of aliphatic hydroxyl groups is 1. The lowest BCUT2D eigenvalue weighted by molar-refractivity contribution is -0.144. The first kappa shape index (κ1) is 50.2. The Hall–Kier alpha value is -6.19. The van der Waals surface area contributed by atoms with E-state index < -0.39 is 35.4 Å². The molecule has 67 heavy (non-hydrogen) atoms. The van der Waals surface area contributed by atoms with Crippen LogP contribution in [0.1, 0.15) is 68.5 Å². The third-order valence-corrected chi connectivity index (χ3v) is 12.6. The molecule has 1 saturated heterocycles. The van der Waals surface area contributed by atoms with Gasteiger partial charge >= 0.3 is 0 Å². The van der Waals surface area contributed by atoms with Gasteiger partial charge in [-0.1, -0.05) is 125 Å². The smallest absolute Gasteiger partial charge is 0.248 e. The molecule has 0 radical (unpaired) electrons. The van der Waals surface area contributed by atoms with E-state index in [9.17, 15) is 24.3 Å². The molecule has 0 aliphatic carbocycles. The van der Waals surface area contributed by atoms with E-state index in [1.165, 1.54) is 26.5 Å². The molecule has 3 N–H and O–H groups in total. The van der Waals surface area contributed by atoms with Gasteiger partial charge in [-0.15, -0.1) is 11.3 Å². The number of ether oxygens (including phenoxy) is 3. The molecule has 0 unspecified atom stereocenters. The number of aromatic nitrogens is 1. The van der Waals surface area contributed by atoms with E-state index in [0.29, 0.717) is 18.9 Å². The molecule has 0 spiro atoms. The van der Waals surface area contributed by atoms with Crippen LogP contribution < -0.4 is 15.4 Å². The van der Waals surface area contributed by atoms with Crippen molar-refractivity contribution in [3.8, 4) is 16.2 Å². The van der Waals surface area contributed by atoms with E-state index in [1.54, 1.807) is 18.4 Å². The summed E-state index contributed by atoms with van der Waals surface area (Å²) in [6, 6.07) is 34.8. The summed E-state index contributed by atoms with van der Waals surface area (Å²) in [6.45, 7) is 10.0. The number of nitrogens with zero attached hydrogens (tertiary/aromatic N) is 3. The maximum absolute atomic E-state index is 14.0. The zero-order chi connectivity index (χ0) is 47.9. The fourth-order valence-corrected chi connectivity index (χ4v) is 8.77. The van der Waals surface area contributed by atoms with Crippen molar-refractivity contribution in [1.82, 2.24) is 25.4 Å². The average molecular weight is 930 g/mol. The van der Waals surface area contributed by atoms with Gasteiger partial charge in [-0.05, 0) is 69.9 Å². The number of carbonyl (C=O) groups is 4. The van der Waals surface area contributed by atoms with Gasteiger partial charge in [0.15, 0.2) is 0 Å². The zero-order valence-corrected chi connectivity index (χ0v) is 40.1. The first-order valence-corrected chi connectivity index (χ1v) is 23.6. The highest BCUT2D eigenvalue weighted by Crippen LogP contribution is 2.35. The average Bonchev–Trinajstić information content (AvgIpc) is 3.95. The zero-order valence-electron chi connectivity index (χ0n) is 39.3. The maximum atomic E-state index is 14.0. The number of rotatable bonds is 21. The summed E-state index contributed by atoms with van der Waals surface area (Å²) in [4.78, 5) is 61.5. The van der Waals surface area contributed by atoms with Crippen LogP contribution in [0, 0.1) is 12.3 Å². The molecule has 1 aromatic heterocycles. The van der Waals surface area contributed by atoms with Crippen molar-refractivity contribution >= 4 is 46.1 Å². The predicted molar refractivity (Wildman–Crippen MR) is 262 cm³/mol. The van der Waals surface area contributed by atoms with Crippen LogP contribution in [0.2, 0.25) is 0 Å². The van der Waals surface area contributed by atoms with Crippen LogP contribution >= 0.6 is 11.3 Å². The number of likely N-dealkylation sites (tertiary alicyclic amines) is 1. The maximum Gasteiger partial charge on any atom is 0.248 e. The van der Waals surface area contributed by atoms with E-state index in [-0.39, 0.29) is 57.8 Å². The Morgan fingerprint density at radius 3 is 2.09 bits per heavy atom. The number of thiazole rings is 1. The third-order valence-electron chi connectivity index (χ3n) is 11.6.